The van der Waals surface area contributed by atoms with Gasteiger partial charge in [0, 0.05) is 0 Å². The van der Waals surface area contributed by atoms with Crippen LogP contribution in [0, 0.1) is 6.92 Å². The van der Waals surface area contributed by atoms with Crippen molar-refractivity contribution >= 4 is 23.4 Å². The maximum atomic E-state index is 12.1. The normalized spacial score (nSPS) is 10.6. The first-order chi connectivity index (χ1) is 10.0. The highest BCUT2D eigenvalue weighted by Crippen LogP contribution is 2.16. The molecule has 0 aliphatic carbocycles. The monoisotopic (exact) mass is 309 g/mol. The molecule has 1 amide bonds. The summed E-state index contributed by atoms with van der Waals surface area (Å²) in [5.74, 6) is -0.615. The van der Waals surface area contributed by atoms with Crippen molar-refractivity contribution in [2.75, 3.05) is 0 Å². The average Bonchev–Trinajstić information content (AvgIpc) is 3.03. The zero-order valence-electron chi connectivity index (χ0n) is 11.7. The lowest BCUT2D eigenvalue weighted by Gasteiger charge is -2.02. The summed E-state index contributed by atoms with van der Waals surface area (Å²) in [7, 11) is 0. The lowest BCUT2D eigenvalue weighted by molar-refractivity contribution is 0.0694. The van der Waals surface area contributed by atoms with Crippen molar-refractivity contribution in [2.45, 2.75) is 33.2 Å². The molecule has 2 aromatic rings. The summed E-state index contributed by atoms with van der Waals surface area (Å²) in [6.07, 6.45) is 1.58. The van der Waals surface area contributed by atoms with E-state index in [1.54, 1.807) is 6.92 Å². The van der Waals surface area contributed by atoms with Crippen molar-refractivity contribution in [3.05, 3.63) is 33.7 Å². The molecule has 112 valence electrons. The van der Waals surface area contributed by atoms with E-state index in [2.05, 4.69) is 14.9 Å². The van der Waals surface area contributed by atoms with E-state index in [0.717, 1.165) is 18.0 Å². The van der Waals surface area contributed by atoms with Gasteiger partial charge in [0.05, 0.1) is 12.2 Å². The Labute approximate surface area is 125 Å². The molecule has 0 unspecified atom stereocenters. The van der Waals surface area contributed by atoms with Crippen molar-refractivity contribution < 1.29 is 19.1 Å². The molecule has 0 aliphatic rings. The summed E-state index contributed by atoms with van der Waals surface area (Å²) in [4.78, 5) is 23.5. The fourth-order valence-corrected chi connectivity index (χ4v) is 2.50. The second-order valence-corrected chi connectivity index (χ2v) is 5.22. The Hall–Kier alpha value is -2.22. The molecule has 21 heavy (non-hydrogen) atoms. The maximum absolute atomic E-state index is 12.1. The van der Waals surface area contributed by atoms with Crippen LogP contribution in [0.25, 0.3) is 0 Å². The Balaban J connectivity index is 2.02. The van der Waals surface area contributed by atoms with Gasteiger partial charge in [-0.05, 0) is 30.9 Å². The van der Waals surface area contributed by atoms with Crippen molar-refractivity contribution in [3.63, 3.8) is 0 Å². The number of nitrogens with one attached hydrogen (secondary N) is 1. The van der Waals surface area contributed by atoms with E-state index in [1.807, 2.05) is 6.92 Å². The van der Waals surface area contributed by atoms with Gasteiger partial charge in [0.2, 0.25) is 0 Å². The fourth-order valence-electron chi connectivity index (χ4n) is 1.87. The molecular weight excluding hydrogens is 294 g/mol. The van der Waals surface area contributed by atoms with Gasteiger partial charge in [-0.1, -0.05) is 17.8 Å². The number of rotatable bonds is 6. The third-order valence-electron chi connectivity index (χ3n) is 2.87. The third kappa shape index (κ3) is 3.46. The molecule has 0 bridgehead atoms. The third-order valence-corrected chi connectivity index (χ3v) is 3.64. The molecule has 0 atom stereocenters. The first kappa shape index (κ1) is 15.2. The second kappa shape index (κ2) is 6.49. The molecule has 0 saturated carbocycles. The number of carbonyl (C=O) groups excluding carboxylic acids is 1. The van der Waals surface area contributed by atoms with Crippen LogP contribution in [-0.4, -0.2) is 26.6 Å². The number of carbonyl (C=O) groups is 2. The lowest BCUT2D eigenvalue weighted by Crippen LogP contribution is -2.22. The van der Waals surface area contributed by atoms with Crippen LogP contribution in [0.15, 0.2) is 10.5 Å². The van der Waals surface area contributed by atoms with Crippen LogP contribution in [-0.2, 0) is 13.0 Å². The van der Waals surface area contributed by atoms with Crippen LogP contribution >= 0.6 is 11.5 Å². The minimum absolute atomic E-state index is 0.102. The van der Waals surface area contributed by atoms with Gasteiger partial charge in [-0.3, -0.25) is 4.79 Å². The van der Waals surface area contributed by atoms with Gasteiger partial charge >= 0.3 is 5.97 Å². The number of hydrogen-bond acceptors (Lipinski definition) is 6. The molecule has 0 aromatic carbocycles. The van der Waals surface area contributed by atoms with Gasteiger partial charge in [-0.25, -0.2) is 4.79 Å². The smallest absolute Gasteiger partial charge is 0.339 e. The number of hydrogen-bond donors (Lipinski definition) is 2. The number of aromatic nitrogens is 2. The lowest BCUT2D eigenvalue weighted by atomic mass is 10.2. The summed E-state index contributed by atoms with van der Waals surface area (Å²) in [5.41, 5.74) is 0.784. The summed E-state index contributed by atoms with van der Waals surface area (Å²) >= 11 is 1.05. The van der Waals surface area contributed by atoms with E-state index < -0.39 is 5.97 Å². The number of aryl methyl sites for hydroxylation is 2. The summed E-state index contributed by atoms with van der Waals surface area (Å²) in [5, 5.41) is 15.6. The average molecular weight is 309 g/mol. The molecule has 0 radical (unpaired) electrons. The molecule has 0 fully saturated rings. The zero-order valence-corrected chi connectivity index (χ0v) is 12.5. The number of carboxylic acids is 1. The zero-order chi connectivity index (χ0) is 15.4. The number of amides is 1. The Bertz CT molecular complexity index is 662. The van der Waals surface area contributed by atoms with Crippen LogP contribution in [0.4, 0.5) is 0 Å². The largest absolute Gasteiger partial charge is 0.478 e. The summed E-state index contributed by atoms with van der Waals surface area (Å²) < 4.78 is 9.09. The van der Waals surface area contributed by atoms with Crippen LogP contribution in [0.3, 0.4) is 0 Å². The van der Waals surface area contributed by atoms with Crippen LogP contribution in [0.5, 0.6) is 0 Å². The van der Waals surface area contributed by atoms with E-state index in [-0.39, 0.29) is 18.0 Å². The van der Waals surface area contributed by atoms with Gasteiger partial charge < -0.3 is 14.8 Å². The van der Waals surface area contributed by atoms with E-state index in [4.69, 9.17) is 9.52 Å². The van der Waals surface area contributed by atoms with E-state index in [9.17, 15) is 9.59 Å². The molecule has 0 spiro atoms. The minimum atomic E-state index is -1.05. The molecule has 8 heteroatoms. The molecule has 0 aliphatic heterocycles. The predicted octanol–water partition coefficient (Wildman–Crippen LogP) is 2.02. The molecule has 2 rings (SSSR count). The van der Waals surface area contributed by atoms with Crippen molar-refractivity contribution in [3.8, 4) is 0 Å². The highest BCUT2D eigenvalue weighted by atomic mass is 32.1. The van der Waals surface area contributed by atoms with Crippen molar-refractivity contribution in [2.24, 2.45) is 0 Å². The Kier molecular flexibility index (Phi) is 4.69. The first-order valence-corrected chi connectivity index (χ1v) is 7.22. The van der Waals surface area contributed by atoms with E-state index >= 15 is 0 Å². The SMILES string of the molecule is CCCc1nnsc1C(=O)NCc1cc(C(=O)O)c(C)o1. The van der Waals surface area contributed by atoms with Gasteiger partial charge in [0.15, 0.2) is 0 Å². The highest BCUT2D eigenvalue weighted by molar-refractivity contribution is 7.08. The van der Waals surface area contributed by atoms with Gasteiger partial charge in [-0.2, -0.15) is 0 Å². The van der Waals surface area contributed by atoms with Crippen LogP contribution < -0.4 is 5.32 Å². The Morgan fingerprint density at radius 1 is 1.48 bits per heavy atom. The van der Waals surface area contributed by atoms with Crippen LogP contribution in [0.2, 0.25) is 0 Å². The summed E-state index contributed by atoms with van der Waals surface area (Å²) in [6, 6.07) is 1.41. The number of nitrogens with zero attached hydrogens (tertiary/aromatic N) is 2. The molecule has 2 heterocycles. The Morgan fingerprint density at radius 3 is 2.86 bits per heavy atom. The fraction of sp³-hybridized carbons (Fsp3) is 0.385. The molecular formula is C13H15N3O4S. The summed E-state index contributed by atoms with van der Waals surface area (Å²) in [6.45, 7) is 3.69. The molecule has 2 aromatic heterocycles. The number of furan rings is 1. The second-order valence-electron chi connectivity index (χ2n) is 4.47. The minimum Gasteiger partial charge on any atom is -0.478 e. The quantitative estimate of drug-likeness (QED) is 0.845. The Morgan fingerprint density at radius 2 is 2.24 bits per heavy atom. The highest BCUT2D eigenvalue weighted by Gasteiger charge is 2.17. The molecule has 2 N–H and O–H groups in total. The van der Waals surface area contributed by atoms with Gasteiger partial charge in [0.1, 0.15) is 22.0 Å². The van der Waals surface area contributed by atoms with Crippen LogP contribution in [0.1, 0.15) is 50.6 Å². The number of aromatic carboxylic acids is 1. The van der Waals surface area contributed by atoms with Gasteiger partial charge in [-0.15, -0.1) is 5.10 Å². The maximum Gasteiger partial charge on any atom is 0.339 e. The van der Waals surface area contributed by atoms with Gasteiger partial charge in [0.25, 0.3) is 5.91 Å². The molecule has 7 nitrogen and oxygen atoms in total. The number of carboxylic acid groups (broad SMARTS) is 1. The first-order valence-electron chi connectivity index (χ1n) is 6.45. The van der Waals surface area contributed by atoms with E-state index in [1.165, 1.54) is 6.07 Å². The predicted molar refractivity (Wildman–Crippen MR) is 75.5 cm³/mol. The standard InChI is InChI=1S/C13H15N3O4S/c1-3-4-10-11(21-16-15-10)12(17)14-6-8-5-9(13(18)19)7(2)20-8/h5H,3-4,6H2,1-2H3,(H,14,17)(H,18,19). The van der Waals surface area contributed by atoms with E-state index in [0.29, 0.717) is 28.5 Å². The van der Waals surface area contributed by atoms with Crippen molar-refractivity contribution in [1.82, 2.24) is 14.9 Å². The van der Waals surface area contributed by atoms with Crippen molar-refractivity contribution in [1.29, 1.82) is 0 Å². The topological polar surface area (TPSA) is 105 Å². The molecule has 0 saturated heterocycles.